The Labute approximate surface area is 570 Å². The molecule has 0 aromatic carbocycles. The molecule has 12 N–H and O–H groups in total. The quantitative estimate of drug-likeness (QED) is 0.0252. The number of hydrogen-bond acceptors (Lipinski definition) is 18. The third-order valence-corrected chi connectivity index (χ3v) is 20.2. The summed E-state index contributed by atoms with van der Waals surface area (Å²) in [5.74, 6) is -0.234. The van der Waals surface area contributed by atoms with E-state index >= 15 is 0 Å². The van der Waals surface area contributed by atoms with E-state index in [1.54, 1.807) is 0 Å². The van der Waals surface area contributed by atoms with E-state index < -0.39 is 124 Å². The highest BCUT2D eigenvalue weighted by atomic mass is 16.8. The van der Waals surface area contributed by atoms with Crippen molar-refractivity contribution in [3.8, 4) is 0 Å². The number of nitrogens with one attached hydrogen (secondary N) is 1. The Bertz CT molecular complexity index is 1700. The molecule has 0 radical (unpaired) electrons. The molecule has 3 aliphatic heterocycles. The van der Waals surface area contributed by atoms with Crippen LogP contribution >= 0.6 is 0 Å². The van der Waals surface area contributed by atoms with E-state index in [1.807, 2.05) is 0 Å². The third kappa shape index (κ3) is 38.0. The molecule has 94 heavy (non-hydrogen) atoms. The van der Waals surface area contributed by atoms with Gasteiger partial charge in [-0.05, 0) is 12.8 Å². The molecule has 19 nitrogen and oxygen atoms in total. The normalized spacial score (nSPS) is 27.3. The molecule has 3 heterocycles. The van der Waals surface area contributed by atoms with E-state index in [1.165, 1.54) is 263 Å². The molecule has 19 heteroatoms. The van der Waals surface area contributed by atoms with Gasteiger partial charge < -0.3 is 89.9 Å². The first-order valence-electron chi connectivity index (χ1n) is 39.3. The number of amides is 1. The Kier molecular flexibility index (Phi) is 53.1. The molecule has 0 aromatic rings. The number of ether oxygens (including phenoxy) is 6. The van der Waals surface area contributed by atoms with Crippen molar-refractivity contribution in [1.29, 1.82) is 0 Å². The third-order valence-electron chi connectivity index (χ3n) is 20.2. The number of carbonyl (C=O) groups excluding carboxylic acids is 1. The summed E-state index contributed by atoms with van der Waals surface area (Å²) in [5.41, 5.74) is 0. The molecule has 3 fully saturated rings. The van der Waals surface area contributed by atoms with E-state index in [0.29, 0.717) is 12.8 Å². The van der Waals surface area contributed by atoms with Crippen LogP contribution in [-0.4, -0.2) is 193 Å². The molecule has 3 aliphatic rings. The highest BCUT2D eigenvalue weighted by Crippen LogP contribution is 2.33. The molecule has 0 saturated carbocycles. The monoisotopic (exact) mass is 1350 g/mol. The molecule has 0 bridgehead atoms. The Morgan fingerprint density at radius 2 is 0.606 bits per heavy atom. The van der Waals surface area contributed by atoms with Crippen molar-refractivity contribution in [3.63, 3.8) is 0 Å². The molecule has 3 saturated heterocycles. The summed E-state index contributed by atoms with van der Waals surface area (Å²) >= 11 is 0. The van der Waals surface area contributed by atoms with Gasteiger partial charge in [-0.15, -0.1) is 0 Å². The van der Waals surface area contributed by atoms with Gasteiger partial charge in [-0.1, -0.05) is 322 Å². The predicted octanol–water partition coefficient (Wildman–Crippen LogP) is 12.2. The fourth-order valence-corrected chi connectivity index (χ4v) is 13.8. The van der Waals surface area contributed by atoms with Crippen molar-refractivity contribution < 1.29 is 89.4 Å². The van der Waals surface area contributed by atoms with Crippen LogP contribution in [0.3, 0.4) is 0 Å². The fourth-order valence-electron chi connectivity index (χ4n) is 13.8. The second kappa shape index (κ2) is 57.4. The number of unbranched alkanes of at least 4 members (excludes halogenated alkanes) is 47. The summed E-state index contributed by atoms with van der Waals surface area (Å²) in [6.07, 6.45) is 37.8. The van der Waals surface area contributed by atoms with Crippen LogP contribution in [0.1, 0.15) is 341 Å². The number of carbonyl (C=O) groups is 1. The number of hydrogen-bond donors (Lipinski definition) is 12. The molecular weight excluding hydrogens is 1200 g/mol. The van der Waals surface area contributed by atoms with Gasteiger partial charge in [0.15, 0.2) is 18.9 Å². The van der Waals surface area contributed by atoms with Crippen LogP contribution in [0.4, 0.5) is 0 Å². The van der Waals surface area contributed by atoms with Crippen LogP contribution in [0.25, 0.3) is 0 Å². The van der Waals surface area contributed by atoms with Gasteiger partial charge in [0.2, 0.25) is 5.91 Å². The smallest absolute Gasteiger partial charge is 0.220 e. The van der Waals surface area contributed by atoms with Crippen LogP contribution < -0.4 is 5.32 Å². The van der Waals surface area contributed by atoms with Crippen LogP contribution in [0, 0.1) is 0 Å². The van der Waals surface area contributed by atoms with E-state index in [0.717, 1.165) is 44.9 Å². The minimum atomic E-state index is -1.97. The minimum Gasteiger partial charge on any atom is -0.394 e. The Morgan fingerprint density at radius 1 is 0.340 bits per heavy atom. The molecular formula is C75H145NO18. The maximum Gasteiger partial charge on any atom is 0.220 e. The summed E-state index contributed by atoms with van der Waals surface area (Å²) in [6.45, 7) is 1.86. The summed E-state index contributed by atoms with van der Waals surface area (Å²) < 4.78 is 34.5. The Balaban J connectivity index is 1.33. The first-order valence-corrected chi connectivity index (χ1v) is 39.3. The molecule has 17 atom stereocenters. The van der Waals surface area contributed by atoms with Gasteiger partial charge in [0.1, 0.15) is 73.2 Å². The highest BCUT2D eigenvalue weighted by molar-refractivity contribution is 5.76. The molecule has 0 aromatic heterocycles. The number of rotatable bonds is 63. The van der Waals surface area contributed by atoms with Crippen LogP contribution in [0.5, 0.6) is 0 Å². The van der Waals surface area contributed by atoms with E-state index in [2.05, 4.69) is 19.2 Å². The van der Waals surface area contributed by atoms with E-state index in [4.69, 9.17) is 28.4 Å². The number of aliphatic hydroxyl groups excluding tert-OH is 11. The van der Waals surface area contributed by atoms with Crippen molar-refractivity contribution >= 4 is 5.91 Å². The lowest BCUT2D eigenvalue weighted by Gasteiger charge is -2.48. The maximum atomic E-state index is 13.5. The van der Waals surface area contributed by atoms with Crippen molar-refractivity contribution in [3.05, 3.63) is 0 Å². The highest BCUT2D eigenvalue weighted by Gasteiger charge is 2.54. The van der Waals surface area contributed by atoms with Gasteiger partial charge >= 0.3 is 0 Å². The average molecular weight is 1350 g/mol. The maximum absolute atomic E-state index is 13.5. The zero-order chi connectivity index (χ0) is 68.2. The molecule has 3 rings (SSSR count). The predicted molar refractivity (Wildman–Crippen MR) is 370 cm³/mol. The SMILES string of the molecule is CCCCCCCCCCCCCCCCCCCCCCCCCCCCCCCCCCCC(=O)NC(COC1OC(CO)C(OC2OC(CO)C(OC3OC(CO)C(O)C(O)C3O)C(O)C2O)C(O)C1O)C(O)CCCCCCCCCCCCCCCCCC. The van der Waals surface area contributed by atoms with Gasteiger partial charge in [-0.3, -0.25) is 4.79 Å². The summed E-state index contributed by atoms with van der Waals surface area (Å²) in [5, 5.41) is 121. The topological polar surface area (TPSA) is 307 Å². The first kappa shape index (κ1) is 87.0. The van der Waals surface area contributed by atoms with Gasteiger partial charge in [-0.2, -0.15) is 0 Å². The van der Waals surface area contributed by atoms with Crippen LogP contribution in [-0.2, 0) is 33.2 Å². The van der Waals surface area contributed by atoms with Gasteiger partial charge in [-0.25, -0.2) is 0 Å². The lowest BCUT2D eigenvalue weighted by atomic mass is 9.96. The summed E-state index contributed by atoms with van der Waals surface area (Å²) in [4.78, 5) is 13.5. The van der Waals surface area contributed by atoms with Crippen molar-refractivity contribution in [1.82, 2.24) is 5.32 Å². The first-order chi connectivity index (χ1) is 45.8. The van der Waals surface area contributed by atoms with Crippen LogP contribution in [0.15, 0.2) is 0 Å². The standard InChI is InChI=1S/C75H145NO18/c1-3-5-7-9-11-13-15-17-19-21-22-23-24-25-26-27-28-29-30-31-32-33-34-35-36-37-39-41-43-45-47-49-51-53-63(81)76-58(59(80)52-50-48-46-44-42-40-38-20-18-16-14-12-10-8-6-4-2)57-89-73-69(87)66(84)71(61(55-78)91-73)94-75-70(88)67(85)72(62(56-79)92-75)93-74-68(86)65(83)64(82)60(54-77)90-74/h58-62,64-75,77-80,82-88H,3-57H2,1-2H3,(H,76,81). The summed E-state index contributed by atoms with van der Waals surface area (Å²) in [7, 11) is 0. The van der Waals surface area contributed by atoms with Gasteiger partial charge in [0.25, 0.3) is 0 Å². The molecule has 558 valence electrons. The minimum absolute atomic E-state index is 0.234. The van der Waals surface area contributed by atoms with Crippen molar-refractivity contribution in [2.24, 2.45) is 0 Å². The van der Waals surface area contributed by atoms with E-state index in [9.17, 15) is 61.0 Å². The lowest BCUT2D eigenvalue weighted by Crippen LogP contribution is -2.66. The Hall–Kier alpha value is -1.21. The lowest BCUT2D eigenvalue weighted by molar-refractivity contribution is -0.379. The van der Waals surface area contributed by atoms with Gasteiger partial charge in [0.05, 0.1) is 38.6 Å². The van der Waals surface area contributed by atoms with Crippen molar-refractivity contribution in [2.45, 2.75) is 446 Å². The zero-order valence-corrected chi connectivity index (χ0v) is 59.5. The molecule has 0 spiro atoms. The molecule has 0 aliphatic carbocycles. The average Bonchev–Trinajstić information content (AvgIpc) is 0.787. The van der Waals surface area contributed by atoms with Crippen LogP contribution in [0.2, 0.25) is 0 Å². The second-order valence-electron chi connectivity index (χ2n) is 28.5. The summed E-state index contributed by atoms with van der Waals surface area (Å²) in [6, 6.07) is -0.882. The van der Waals surface area contributed by atoms with Gasteiger partial charge in [0, 0.05) is 6.42 Å². The fraction of sp³-hybridized carbons (Fsp3) is 0.987. The molecule has 17 unspecified atom stereocenters. The zero-order valence-electron chi connectivity index (χ0n) is 59.5. The Morgan fingerprint density at radius 3 is 0.926 bits per heavy atom. The number of aliphatic hydroxyl groups is 11. The molecule has 1 amide bonds. The second-order valence-corrected chi connectivity index (χ2v) is 28.5. The van der Waals surface area contributed by atoms with Crippen molar-refractivity contribution in [2.75, 3.05) is 26.4 Å². The largest absolute Gasteiger partial charge is 0.394 e. The van der Waals surface area contributed by atoms with E-state index in [-0.39, 0.29) is 18.9 Å².